The summed E-state index contributed by atoms with van der Waals surface area (Å²) in [6.07, 6.45) is 0. The van der Waals surface area contributed by atoms with Gasteiger partial charge in [-0.1, -0.05) is 121 Å². The van der Waals surface area contributed by atoms with Crippen LogP contribution in [0.5, 0.6) is 0 Å². The Labute approximate surface area is 293 Å². The predicted octanol–water partition coefficient (Wildman–Crippen LogP) is 12.0. The van der Waals surface area contributed by atoms with Crippen molar-refractivity contribution in [3.05, 3.63) is 182 Å². The van der Waals surface area contributed by atoms with Crippen LogP contribution in [0.3, 0.4) is 0 Å². The molecule has 4 nitrogen and oxygen atoms in total. The van der Waals surface area contributed by atoms with Crippen molar-refractivity contribution in [3.63, 3.8) is 0 Å². The van der Waals surface area contributed by atoms with Crippen molar-refractivity contribution in [1.82, 2.24) is 18.7 Å². The van der Waals surface area contributed by atoms with Gasteiger partial charge in [-0.25, -0.2) is 4.52 Å². The molecular formula is C47H30N4. The topological polar surface area (TPSA) is 27.2 Å². The van der Waals surface area contributed by atoms with E-state index in [9.17, 15) is 0 Å². The Balaban J connectivity index is 1.13. The van der Waals surface area contributed by atoms with Crippen LogP contribution in [0.15, 0.2) is 182 Å². The molecule has 0 radical (unpaired) electrons. The van der Waals surface area contributed by atoms with Crippen LogP contribution in [0.2, 0.25) is 0 Å². The van der Waals surface area contributed by atoms with Crippen LogP contribution >= 0.6 is 0 Å². The zero-order valence-electron chi connectivity index (χ0n) is 27.6. The summed E-state index contributed by atoms with van der Waals surface area (Å²) in [5.74, 6) is 0. The number of benzene rings is 7. The van der Waals surface area contributed by atoms with Crippen molar-refractivity contribution < 1.29 is 0 Å². The minimum absolute atomic E-state index is 0.961. The first-order valence-corrected chi connectivity index (χ1v) is 17.4. The molecule has 4 heteroatoms. The summed E-state index contributed by atoms with van der Waals surface area (Å²) < 4.78 is 6.88. The van der Waals surface area contributed by atoms with Gasteiger partial charge in [0.2, 0.25) is 0 Å². The third-order valence-electron chi connectivity index (χ3n) is 10.4. The van der Waals surface area contributed by atoms with Crippen molar-refractivity contribution in [2.24, 2.45) is 0 Å². The third-order valence-corrected chi connectivity index (χ3v) is 10.4. The van der Waals surface area contributed by atoms with E-state index in [1.54, 1.807) is 0 Å². The fraction of sp³-hybridized carbons (Fsp3) is 0. The summed E-state index contributed by atoms with van der Waals surface area (Å²) in [5.41, 5.74) is 13.6. The van der Waals surface area contributed by atoms with Crippen molar-refractivity contribution >= 4 is 60.0 Å². The van der Waals surface area contributed by atoms with E-state index in [-0.39, 0.29) is 0 Å². The number of pyridine rings is 1. The fourth-order valence-corrected chi connectivity index (χ4v) is 8.10. The van der Waals surface area contributed by atoms with E-state index < -0.39 is 0 Å². The Bertz CT molecular complexity index is 2900. The maximum atomic E-state index is 5.04. The molecule has 51 heavy (non-hydrogen) atoms. The molecule has 4 aromatic heterocycles. The Morgan fingerprint density at radius 3 is 1.31 bits per heavy atom. The lowest BCUT2D eigenvalue weighted by atomic mass is 10.0. The van der Waals surface area contributed by atoms with Gasteiger partial charge in [-0.3, -0.25) is 0 Å². The maximum absolute atomic E-state index is 5.04. The first kappa shape index (κ1) is 28.0. The highest BCUT2D eigenvalue weighted by Gasteiger charge is 2.17. The maximum Gasteiger partial charge on any atom is 0.0933 e. The molecule has 0 aliphatic carbocycles. The summed E-state index contributed by atoms with van der Waals surface area (Å²) in [7, 11) is 0. The molecule has 0 aliphatic rings. The first-order chi connectivity index (χ1) is 25.3. The summed E-state index contributed by atoms with van der Waals surface area (Å²) >= 11 is 0. The van der Waals surface area contributed by atoms with E-state index in [4.69, 9.17) is 5.10 Å². The number of rotatable bonds is 4. The van der Waals surface area contributed by atoms with Gasteiger partial charge in [0.25, 0.3) is 0 Å². The summed E-state index contributed by atoms with van der Waals surface area (Å²) in [6, 6.07) is 65.7. The quantitative estimate of drug-likeness (QED) is 0.186. The van der Waals surface area contributed by atoms with Gasteiger partial charge in [-0.05, 0) is 71.8 Å². The second-order valence-corrected chi connectivity index (χ2v) is 13.3. The summed E-state index contributed by atoms with van der Waals surface area (Å²) in [4.78, 5) is 0. The van der Waals surface area contributed by atoms with Crippen LogP contribution in [0.25, 0.3) is 93.8 Å². The molecule has 0 atom stereocenters. The minimum atomic E-state index is 0.961. The van der Waals surface area contributed by atoms with Crippen LogP contribution in [0.1, 0.15) is 0 Å². The molecule has 0 spiro atoms. The van der Waals surface area contributed by atoms with Crippen LogP contribution in [-0.4, -0.2) is 18.7 Å². The first-order valence-electron chi connectivity index (χ1n) is 17.4. The number of aromatic nitrogens is 4. The highest BCUT2D eigenvalue weighted by atomic mass is 15.2. The van der Waals surface area contributed by atoms with Gasteiger partial charge in [0.05, 0.1) is 38.8 Å². The fourth-order valence-electron chi connectivity index (χ4n) is 8.10. The zero-order chi connectivity index (χ0) is 33.5. The van der Waals surface area contributed by atoms with E-state index >= 15 is 0 Å². The highest BCUT2D eigenvalue weighted by Crippen LogP contribution is 2.38. The molecule has 0 bridgehead atoms. The van der Waals surface area contributed by atoms with Gasteiger partial charge in [-0.2, -0.15) is 5.10 Å². The smallest absolute Gasteiger partial charge is 0.0933 e. The lowest BCUT2D eigenvalue weighted by molar-refractivity contribution is 1.01. The van der Waals surface area contributed by atoms with Gasteiger partial charge in [0.1, 0.15) is 0 Å². The standard InChI is InChI=1S/C47H30N4/c1-6-16-43-33(11-1)25-26-35-30-42(48-51(35)43)32-23-21-31(22-24-32)34-27-36(49-44-17-7-2-12-38(44)39-13-3-8-18-45(39)49)29-37(28-34)50-46-19-9-4-14-40(46)41-15-5-10-20-47(41)50/h1-30H. The SMILES string of the molecule is c1ccc2c(c1)ccc1cc(-c3ccc(-c4cc(-n5c6ccccc6c6ccccc65)cc(-n5c6ccccc6c6ccccc65)c4)cc3)nn12. The van der Waals surface area contributed by atoms with Crippen molar-refractivity contribution in [2.75, 3.05) is 0 Å². The van der Waals surface area contributed by atoms with Crippen LogP contribution in [-0.2, 0) is 0 Å². The Kier molecular flexibility index (Phi) is 5.92. The lowest BCUT2D eigenvalue weighted by Gasteiger charge is -2.16. The van der Waals surface area contributed by atoms with E-state index in [1.165, 1.54) is 49.0 Å². The molecule has 7 aromatic carbocycles. The van der Waals surface area contributed by atoms with Crippen molar-refractivity contribution in [2.45, 2.75) is 0 Å². The van der Waals surface area contributed by atoms with Crippen LogP contribution in [0, 0.1) is 0 Å². The molecule has 238 valence electrons. The van der Waals surface area contributed by atoms with Crippen molar-refractivity contribution in [3.8, 4) is 33.8 Å². The molecular weight excluding hydrogens is 621 g/mol. The molecule has 0 amide bonds. The number of hydrogen-bond donors (Lipinski definition) is 0. The van der Waals surface area contributed by atoms with E-state index in [0.717, 1.165) is 44.8 Å². The number of hydrogen-bond acceptors (Lipinski definition) is 1. The van der Waals surface area contributed by atoms with Gasteiger partial charge < -0.3 is 9.13 Å². The van der Waals surface area contributed by atoms with Crippen LogP contribution < -0.4 is 0 Å². The minimum Gasteiger partial charge on any atom is -0.309 e. The second kappa shape index (κ2) is 10.8. The summed E-state index contributed by atoms with van der Waals surface area (Å²) in [5, 5.41) is 11.2. The second-order valence-electron chi connectivity index (χ2n) is 13.3. The molecule has 0 saturated carbocycles. The number of fused-ring (bicyclic) bond motifs is 9. The lowest BCUT2D eigenvalue weighted by Crippen LogP contribution is -2.00. The largest absolute Gasteiger partial charge is 0.309 e. The molecule has 0 unspecified atom stereocenters. The summed E-state index contributed by atoms with van der Waals surface area (Å²) in [6.45, 7) is 0. The van der Waals surface area contributed by atoms with Crippen molar-refractivity contribution in [1.29, 1.82) is 0 Å². The van der Waals surface area contributed by atoms with E-state index in [2.05, 4.69) is 191 Å². The molecule has 11 aromatic rings. The van der Waals surface area contributed by atoms with E-state index in [1.807, 2.05) is 4.52 Å². The Hall–Kier alpha value is -6.91. The normalized spacial score (nSPS) is 11.9. The molecule has 4 heterocycles. The van der Waals surface area contributed by atoms with Crippen LogP contribution in [0.4, 0.5) is 0 Å². The van der Waals surface area contributed by atoms with Gasteiger partial charge in [0.15, 0.2) is 0 Å². The molecule has 11 rings (SSSR count). The average molecular weight is 651 g/mol. The van der Waals surface area contributed by atoms with Gasteiger partial charge in [-0.15, -0.1) is 0 Å². The molecule has 0 saturated heterocycles. The third kappa shape index (κ3) is 4.23. The van der Waals surface area contributed by atoms with Gasteiger partial charge in [0, 0.05) is 43.9 Å². The monoisotopic (exact) mass is 650 g/mol. The van der Waals surface area contributed by atoms with E-state index in [0.29, 0.717) is 0 Å². The zero-order valence-corrected chi connectivity index (χ0v) is 27.6. The Morgan fingerprint density at radius 2 is 0.784 bits per heavy atom. The molecule has 0 aliphatic heterocycles. The predicted molar refractivity (Wildman–Crippen MR) is 212 cm³/mol. The van der Waals surface area contributed by atoms with Gasteiger partial charge >= 0.3 is 0 Å². The Morgan fingerprint density at radius 1 is 0.333 bits per heavy atom. The molecule has 0 fully saturated rings. The number of nitrogens with zero attached hydrogens (tertiary/aromatic N) is 4. The highest BCUT2D eigenvalue weighted by molar-refractivity contribution is 6.10. The molecule has 0 N–H and O–H groups in total. The number of para-hydroxylation sites is 5. The average Bonchev–Trinajstić information content (AvgIpc) is 3.89.